The van der Waals surface area contributed by atoms with Gasteiger partial charge in [0.15, 0.2) is 0 Å². The van der Waals surface area contributed by atoms with Crippen molar-refractivity contribution >= 4 is 28.3 Å². The van der Waals surface area contributed by atoms with Gasteiger partial charge >= 0.3 is 0 Å². The van der Waals surface area contributed by atoms with E-state index in [0.29, 0.717) is 18.1 Å². The van der Waals surface area contributed by atoms with Crippen LogP contribution in [0, 0.1) is 0 Å². The number of aromatic nitrogens is 1. The summed E-state index contributed by atoms with van der Waals surface area (Å²) in [5.41, 5.74) is 2.12. The number of benzene rings is 2. The molecule has 3 rings (SSSR count). The highest BCUT2D eigenvalue weighted by Crippen LogP contribution is 2.14. The number of hydrogen-bond acceptors (Lipinski definition) is 3. The van der Waals surface area contributed by atoms with Crippen molar-refractivity contribution in [2.45, 2.75) is 13.1 Å². The van der Waals surface area contributed by atoms with Crippen LogP contribution in [0.15, 0.2) is 60.9 Å². The maximum absolute atomic E-state index is 11.9. The zero-order valence-electron chi connectivity index (χ0n) is 13.1. The molecule has 2 aromatic carbocycles. The molecule has 5 heteroatoms. The Balaban J connectivity index is 1.46. The molecule has 0 aliphatic rings. The van der Waals surface area contributed by atoms with Crippen molar-refractivity contribution in [1.29, 1.82) is 0 Å². The van der Waals surface area contributed by atoms with Gasteiger partial charge in [0.1, 0.15) is 0 Å². The van der Waals surface area contributed by atoms with E-state index in [0.717, 1.165) is 21.9 Å². The van der Waals surface area contributed by atoms with E-state index in [1.54, 1.807) is 6.20 Å². The molecule has 0 radical (unpaired) electrons. The number of pyridine rings is 1. The molecule has 24 heavy (non-hydrogen) atoms. The quantitative estimate of drug-likeness (QED) is 0.724. The van der Waals surface area contributed by atoms with Gasteiger partial charge < -0.3 is 10.6 Å². The molecule has 122 valence electrons. The van der Waals surface area contributed by atoms with Crippen molar-refractivity contribution < 1.29 is 4.79 Å². The van der Waals surface area contributed by atoms with Crippen LogP contribution in [0.25, 0.3) is 10.8 Å². The lowest BCUT2D eigenvalue weighted by molar-refractivity contribution is -0.120. The number of rotatable bonds is 6. The molecule has 2 N–H and O–H groups in total. The van der Waals surface area contributed by atoms with E-state index in [2.05, 4.69) is 21.7 Å². The van der Waals surface area contributed by atoms with Crippen LogP contribution in [-0.4, -0.2) is 17.4 Å². The van der Waals surface area contributed by atoms with E-state index in [1.807, 2.05) is 48.7 Å². The predicted molar refractivity (Wildman–Crippen MR) is 96.7 cm³/mol. The van der Waals surface area contributed by atoms with Crippen molar-refractivity contribution in [3.05, 3.63) is 77.1 Å². The van der Waals surface area contributed by atoms with Crippen LogP contribution in [-0.2, 0) is 17.9 Å². The first-order valence-corrected chi connectivity index (χ1v) is 8.13. The molecule has 1 amide bonds. The van der Waals surface area contributed by atoms with E-state index in [9.17, 15) is 4.79 Å². The Labute approximate surface area is 145 Å². The smallest absolute Gasteiger partial charge is 0.234 e. The van der Waals surface area contributed by atoms with Crippen molar-refractivity contribution in [1.82, 2.24) is 15.6 Å². The second-order valence-electron chi connectivity index (χ2n) is 5.57. The lowest BCUT2D eigenvalue weighted by Crippen LogP contribution is -2.33. The van der Waals surface area contributed by atoms with Gasteiger partial charge in [-0.3, -0.25) is 9.78 Å². The van der Waals surface area contributed by atoms with E-state index in [-0.39, 0.29) is 12.5 Å². The largest absolute Gasteiger partial charge is 0.351 e. The minimum Gasteiger partial charge on any atom is -0.351 e. The lowest BCUT2D eigenvalue weighted by Gasteiger charge is -2.08. The molecule has 0 fully saturated rings. The average Bonchev–Trinajstić information content (AvgIpc) is 2.60. The zero-order valence-corrected chi connectivity index (χ0v) is 13.9. The van der Waals surface area contributed by atoms with E-state index in [4.69, 9.17) is 11.6 Å². The van der Waals surface area contributed by atoms with Gasteiger partial charge in [0, 0.05) is 35.9 Å². The number of nitrogens with zero attached hydrogens (tertiary/aromatic N) is 1. The van der Waals surface area contributed by atoms with Gasteiger partial charge in [-0.2, -0.15) is 0 Å². The third-order valence-electron chi connectivity index (χ3n) is 3.70. The first-order valence-electron chi connectivity index (χ1n) is 7.75. The summed E-state index contributed by atoms with van der Waals surface area (Å²) in [6.07, 6.45) is 3.60. The van der Waals surface area contributed by atoms with Gasteiger partial charge in [-0.1, -0.05) is 35.9 Å². The van der Waals surface area contributed by atoms with Gasteiger partial charge in [0.25, 0.3) is 0 Å². The maximum Gasteiger partial charge on any atom is 0.234 e. The number of halogens is 1. The molecular weight excluding hydrogens is 322 g/mol. The van der Waals surface area contributed by atoms with Crippen LogP contribution in [0.3, 0.4) is 0 Å². The Kier molecular flexibility index (Phi) is 5.41. The van der Waals surface area contributed by atoms with E-state index in [1.165, 1.54) is 0 Å². The van der Waals surface area contributed by atoms with Gasteiger partial charge in [-0.25, -0.2) is 0 Å². The lowest BCUT2D eigenvalue weighted by atomic mass is 10.1. The van der Waals surface area contributed by atoms with Crippen molar-refractivity contribution in [3.63, 3.8) is 0 Å². The molecular formula is C19H18ClN3O. The molecule has 3 aromatic rings. The van der Waals surface area contributed by atoms with Crippen molar-refractivity contribution in [3.8, 4) is 0 Å². The first kappa shape index (κ1) is 16.4. The summed E-state index contributed by atoms with van der Waals surface area (Å²) in [7, 11) is 0. The fraction of sp³-hybridized carbons (Fsp3) is 0.158. The molecule has 1 aromatic heterocycles. The zero-order chi connectivity index (χ0) is 16.8. The number of amides is 1. The molecule has 0 saturated heterocycles. The van der Waals surface area contributed by atoms with Crippen LogP contribution in [0.4, 0.5) is 0 Å². The monoisotopic (exact) mass is 339 g/mol. The predicted octanol–water partition coefficient (Wildman–Crippen LogP) is 3.29. The van der Waals surface area contributed by atoms with Crippen molar-refractivity contribution in [2.75, 3.05) is 6.54 Å². The van der Waals surface area contributed by atoms with Gasteiger partial charge in [-0.05, 0) is 40.8 Å². The van der Waals surface area contributed by atoms with E-state index < -0.39 is 0 Å². The second kappa shape index (κ2) is 7.90. The summed E-state index contributed by atoms with van der Waals surface area (Å²) < 4.78 is 0. The average molecular weight is 340 g/mol. The third-order valence-corrected chi connectivity index (χ3v) is 3.93. The normalized spacial score (nSPS) is 10.7. The SMILES string of the molecule is O=C(CNCc1cccc(Cl)c1)NCc1ccc2cnccc2c1. The number of hydrogen-bond donors (Lipinski definition) is 2. The minimum absolute atomic E-state index is 0.0353. The molecule has 0 unspecified atom stereocenters. The fourth-order valence-electron chi connectivity index (χ4n) is 2.47. The molecule has 0 saturated carbocycles. The summed E-state index contributed by atoms with van der Waals surface area (Å²) in [6, 6.07) is 15.6. The standard InChI is InChI=1S/C19H18ClN3O/c20-18-3-1-2-14(9-18)10-22-13-19(24)23-11-15-4-5-17-12-21-7-6-16(17)8-15/h1-9,12,22H,10-11,13H2,(H,23,24). The fourth-order valence-corrected chi connectivity index (χ4v) is 2.69. The van der Waals surface area contributed by atoms with Crippen LogP contribution in [0.2, 0.25) is 5.02 Å². The Morgan fingerprint density at radius 2 is 1.88 bits per heavy atom. The van der Waals surface area contributed by atoms with Crippen LogP contribution < -0.4 is 10.6 Å². The molecule has 0 bridgehead atoms. The number of carbonyl (C=O) groups excluding carboxylic acids is 1. The summed E-state index contributed by atoms with van der Waals surface area (Å²) in [4.78, 5) is 16.0. The molecule has 1 heterocycles. The Morgan fingerprint density at radius 3 is 2.75 bits per heavy atom. The maximum atomic E-state index is 11.9. The van der Waals surface area contributed by atoms with Crippen LogP contribution in [0.1, 0.15) is 11.1 Å². The highest BCUT2D eigenvalue weighted by Gasteiger charge is 2.02. The highest BCUT2D eigenvalue weighted by atomic mass is 35.5. The summed E-state index contributed by atoms with van der Waals surface area (Å²) >= 11 is 5.93. The Morgan fingerprint density at radius 1 is 1.00 bits per heavy atom. The summed E-state index contributed by atoms with van der Waals surface area (Å²) in [5.74, 6) is -0.0353. The second-order valence-corrected chi connectivity index (χ2v) is 6.00. The third kappa shape index (κ3) is 4.54. The van der Waals surface area contributed by atoms with Gasteiger partial charge in [-0.15, -0.1) is 0 Å². The summed E-state index contributed by atoms with van der Waals surface area (Å²) in [6.45, 7) is 1.39. The highest BCUT2D eigenvalue weighted by molar-refractivity contribution is 6.30. The molecule has 0 aliphatic carbocycles. The minimum atomic E-state index is -0.0353. The Bertz CT molecular complexity index is 851. The molecule has 0 spiro atoms. The Hall–Kier alpha value is -2.43. The van der Waals surface area contributed by atoms with Gasteiger partial charge in [0.2, 0.25) is 5.91 Å². The number of carbonyl (C=O) groups is 1. The van der Waals surface area contributed by atoms with Crippen LogP contribution >= 0.6 is 11.6 Å². The topological polar surface area (TPSA) is 54.0 Å². The summed E-state index contributed by atoms with van der Waals surface area (Å²) in [5, 5.41) is 8.95. The van der Waals surface area contributed by atoms with E-state index >= 15 is 0 Å². The number of nitrogens with one attached hydrogen (secondary N) is 2. The van der Waals surface area contributed by atoms with Crippen molar-refractivity contribution in [2.24, 2.45) is 0 Å². The van der Waals surface area contributed by atoms with Crippen LogP contribution in [0.5, 0.6) is 0 Å². The van der Waals surface area contributed by atoms with Gasteiger partial charge in [0.05, 0.1) is 6.54 Å². The molecule has 0 atom stereocenters. The molecule has 4 nitrogen and oxygen atoms in total. The number of fused-ring (bicyclic) bond motifs is 1. The first-order chi connectivity index (χ1) is 11.7. The molecule has 0 aliphatic heterocycles.